The second-order valence-electron chi connectivity index (χ2n) is 5.56. The Morgan fingerprint density at radius 3 is 2.00 bits per heavy atom. The highest BCUT2D eigenvalue weighted by Crippen LogP contribution is 2.33. The van der Waals surface area contributed by atoms with Crippen LogP contribution in [0.4, 0.5) is 11.4 Å². The van der Waals surface area contributed by atoms with Gasteiger partial charge in [0.2, 0.25) is 0 Å². The van der Waals surface area contributed by atoms with Crippen LogP contribution in [0.1, 0.15) is 0 Å². The summed E-state index contributed by atoms with van der Waals surface area (Å²) in [6.45, 7) is 0. The lowest BCUT2D eigenvalue weighted by atomic mass is 10.1. The summed E-state index contributed by atoms with van der Waals surface area (Å²) in [4.78, 5) is 2.17. The van der Waals surface area contributed by atoms with Crippen LogP contribution in [-0.4, -0.2) is 35.2 Å². The quantitative estimate of drug-likeness (QED) is 0.715. The highest BCUT2D eigenvalue weighted by atomic mass is 15.3. The summed E-state index contributed by atoms with van der Waals surface area (Å²) in [5.41, 5.74) is 2.63. The molecule has 0 aliphatic carbocycles. The molecule has 0 amide bonds. The van der Waals surface area contributed by atoms with Crippen molar-refractivity contribution in [1.82, 2.24) is 4.48 Å². The van der Waals surface area contributed by atoms with Gasteiger partial charge in [-0.2, -0.15) is 0 Å². The van der Waals surface area contributed by atoms with Crippen LogP contribution < -0.4 is 9.38 Å². The second kappa shape index (κ2) is 4.04. The Labute approximate surface area is 104 Å². The molecule has 0 fully saturated rings. The van der Waals surface area contributed by atoms with Gasteiger partial charge in [0.05, 0.1) is 21.1 Å². The molecular formula is C15H21N2+. The van der Waals surface area contributed by atoms with Gasteiger partial charge >= 0.3 is 0 Å². The van der Waals surface area contributed by atoms with Gasteiger partial charge in [-0.15, -0.1) is 0 Å². The van der Waals surface area contributed by atoms with E-state index in [0.717, 1.165) is 4.48 Å². The molecule has 0 unspecified atom stereocenters. The van der Waals surface area contributed by atoms with Crippen LogP contribution in [0.3, 0.4) is 0 Å². The predicted octanol–water partition coefficient (Wildman–Crippen LogP) is 3.10. The van der Waals surface area contributed by atoms with Gasteiger partial charge in [-0.05, 0) is 18.2 Å². The number of rotatable bonds is 2. The summed E-state index contributed by atoms with van der Waals surface area (Å²) in [5, 5.41) is 2.66. The third kappa shape index (κ3) is 2.13. The Kier molecular flexibility index (Phi) is 2.84. The van der Waals surface area contributed by atoms with E-state index in [1.807, 2.05) is 0 Å². The zero-order valence-corrected chi connectivity index (χ0v) is 11.4. The molecule has 0 radical (unpaired) electrons. The molecule has 2 nitrogen and oxygen atoms in total. The lowest BCUT2D eigenvalue weighted by molar-refractivity contribution is 0.490. The van der Waals surface area contributed by atoms with Crippen molar-refractivity contribution >= 4 is 22.1 Å². The molecule has 0 saturated heterocycles. The zero-order valence-electron chi connectivity index (χ0n) is 11.4. The highest BCUT2D eigenvalue weighted by molar-refractivity contribution is 6.01. The minimum Gasteiger partial charge on any atom is -0.377 e. The van der Waals surface area contributed by atoms with Gasteiger partial charge in [0.1, 0.15) is 5.69 Å². The van der Waals surface area contributed by atoms with E-state index in [1.165, 1.54) is 22.1 Å². The Bertz CT molecular complexity index is 536. The number of anilines is 1. The first-order valence-electron chi connectivity index (χ1n) is 5.92. The van der Waals surface area contributed by atoms with Crippen molar-refractivity contribution in [2.24, 2.45) is 0 Å². The maximum absolute atomic E-state index is 2.21. The molecule has 90 valence electrons. The third-order valence-corrected chi connectivity index (χ3v) is 3.08. The van der Waals surface area contributed by atoms with Crippen molar-refractivity contribution in [2.45, 2.75) is 0 Å². The Balaban J connectivity index is 2.79. The van der Waals surface area contributed by atoms with Crippen molar-refractivity contribution in [1.29, 1.82) is 0 Å². The van der Waals surface area contributed by atoms with E-state index in [2.05, 4.69) is 76.5 Å². The van der Waals surface area contributed by atoms with Crippen molar-refractivity contribution in [3.63, 3.8) is 0 Å². The normalized spacial score (nSPS) is 11.8. The lowest BCUT2D eigenvalue weighted by Crippen LogP contribution is -2.34. The number of benzene rings is 2. The smallest absolute Gasteiger partial charge is 0.140 e. The fourth-order valence-corrected chi connectivity index (χ4v) is 2.25. The lowest BCUT2D eigenvalue weighted by Gasteiger charge is -2.26. The van der Waals surface area contributed by atoms with Crippen LogP contribution in [0, 0.1) is 0 Å². The third-order valence-electron chi connectivity index (χ3n) is 3.08. The molecular weight excluding hydrogens is 208 g/mol. The average Bonchev–Trinajstić information content (AvgIpc) is 2.26. The standard InChI is InChI=1S/C15H21N2/c1-16(2)14-10-6-9-13-12(14)8-7-11-15(13)17(3,4)5/h6-11H,1-5H3/q+1. The first kappa shape index (κ1) is 11.9. The van der Waals surface area contributed by atoms with E-state index < -0.39 is 0 Å². The SMILES string of the molecule is CN(C)c1cccc2c([N+](C)(C)C)cccc12. The number of hydrogen-bond acceptors (Lipinski definition) is 1. The molecule has 0 heterocycles. The van der Waals surface area contributed by atoms with Crippen LogP contribution >= 0.6 is 0 Å². The Morgan fingerprint density at radius 2 is 1.41 bits per heavy atom. The fourth-order valence-electron chi connectivity index (χ4n) is 2.25. The molecule has 0 bridgehead atoms. The van der Waals surface area contributed by atoms with Crippen molar-refractivity contribution in [2.75, 3.05) is 40.1 Å². The van der Waals surface area contributed by atoms with E-state index in [1.54, 1.807) is 0 Å². The summed E-state index contributed by atoms with van der Waals surface area (Å²) < 4.78 is 0.841. The number of nitrogens with zero attached hydrogens (tertiary/aromatic N) is 2. The van der Waals surface area contributed by atoms with Crippen LogP contribution in [0.15, 0.2) is 36.4 Å². The van der Waals surface area contributed by atoms with E-state index in [4.69, 9.17) is 0 Å². The minimum absolute atomic E-state index is 0.841. The van der Waals surface area contributed by atoms with Crippen LogP contribution in [0.2, 0.25) is 0 Å². The van der Waals surface area contributed by atoms with Gasteiger partial charge in [-0.1, -0.05) is 18.2 Å². The monoisotopic (exact) mass is 229 g/mol. The average molecular weight is 229 g/mol. The molecule has 2 aromatic rings. The molecule has 0 atom stereocenters. The molecule has 17 heavy (non-hydrogen) atoms. The number of fused-ring (bicyclic) bond motifs is 1. The minimum atomic E-state index is 0.841. The van der Waals surface area contributed by atoms with E-state index in [9.17, 15) is 0 Å². The maximum atomic E-state index is 2.21. The van der Waals surface area contributed by atoms with Crippen LogP contribution in [0.5, 0.6) is 0 Å². The van der Waals surface area contributed by atoms with E-state index >= 15 is 0 Å². The Morgan fingerprint density at radius 1 is 0.824 bits per heavy atom. The highest BCUT2D eigenvalue weighted by Gasteiger charge is 2.16. The van der Waals surface area contributed by atoms with E-state index in [0.29, 0.717) is 0 Å². The van der Waals surface area contributed by atoms with Gasteiger partial charge in [-0.25, -0.2) is 0 Å². The molecule has 0 spiro atoms. The van der Waals surface area contributed by atoms with Crippen molar-refractivity contribution < 1.29 is 0 Å². The van der Waals surface area contributed by atoms with Gasteiger partial charge < -0.3 is 4.90 Å². The van der Waals surface area contributed by atoms with Gasteiger partial charge in [0.25, 0.3) is 0 Å². The number of hydrogen-bond donors (Lipinski definition) is 0. The molecule has 2 rings (SSSR count). The molecule has 0 saturated carbocycles. The van der Waals surface area contributed by atoms with E-state index in [-0.39, 0.29) is 0 Å². The van der Waals surface area contributed by atoms with Crippen molar-refractivity contribution in [3.05, 3.63) is 36.4 Å². The zero-order chi connectivity index (χ0) is 12.6. The summed E-state index contributed by atoms with van der Waals surface area (Å²) in [6, 6.07) is 13.1. The Hall–Kier alpha value is -1.54. The van der Waals surface area contributed by atoms with Crippen LogP contribution in [0.25, 0.3) is 10.8 Å². The molecule has 0 aliphatic rings. The summed E-state index contributed by atoms with van der Waals surface area (Å²) in [6.07, 6.45) is 0. The number of quaternary nitrogens is 1. The summed E-state index contributed by atoms with van der Waals surface area (Å²) in [5.74, 6) is 0. The largest absolute Gasteiger partial charge is 0.377 e. The first-order chi connectivity index (χ1) is 7.91. The fraction of sp³-hybridized carbons (Fsp3) is 0.333. The van der Waals surface area contributed by atoms with Crippen LogP contribution in [-0.2, 0) is 0 Å². The van der Waals surface area contributed by atoms with Gasteiger partial charge in [0, 0.05) is 30.6 Å². The molecule has 0 aromatic heterocycles. The summed E-state index contributed by atoms with van der Waals surface area (Å²) in [7, 11) is 10.8. The molecule has 2 aromatic carbocycles. The summed E-state index contributed by atoms with van der Waals surface area (Å²) >= 11 is 0. The molecule has 0 N–H and O–H groups in total. The maximum Gasteiger partial charge on any atom is 0.140 e. The second-order valence-corrected chi connectivity index (χ2v) is 5.56. The van der Waals surface area contributed by atoms with Gasteiger partial charge in [-0.3, -0.25) is 4.48 Å². The van der Waals surface area contributed by atoms with Crippen molar-refractivity contribution in [3.8, 4) is 0 Å². The first-order valence-corrected chi connectivity index (χ1v) is 5.92. The topological polar surface area (TPSA) is 3.24 Å². The molecule has 0 aliphatic heterocycles. The predicted molar refractivity (Wildman–Crippen MR) is 77.8 cm³/mol. The molecule has 2 heteroatoms. The van der Waals surface area contributed by atoms with Gasteiger partial charge in [0.15, 0.2) is 0 Å².